The first-order valence-electron chi connectivity index (χ1n) is 8.93. The normalized spacial score (nSPS) is 16.5. The molecular formula is C19H15ClF4N4O4. The van der Waals surface area contributed by atoms with Gasteiger partial charge < -0.3 is 10.0 Å². The number of likely N-dealkylation sites (N-methyl/N-ethyl adjacent to an activating group) is 1. The Morgan fingerprint density at radius 2 is 1.91 bits per heavy atom. The fourth-order valence-electron chi connectivity index (χ4n) is 3.18. The molecule has 8 nitrogen and oxygen atoms in total. The van der Waals surface area contributed by atoms with Gasteiger partial charge in [-0.05, 0) is 37.3 Å². The zero-order chi connectivity index (χ0) is 24.0. The molecule has 2 aromatic rings. The van der Waals surface area contributed by atoms with Crippen LogP contribution in [-0.4, -0.2) is 52.7 Å². The van der Waals surface area contributed by atoms with Crippen molar-refractivity contribution >= 4 is 41.1 Å². The Balaban J connectivity index is 2.06. The smallest absolute Gasteiger partial charge is 0.416 e. The van der Waals surface area contributed by atoms with E-state index in [4.69, 9.17) is 11.6 Å². The Kier molecular flexibility index (Phi) is 6.00. The lowest BCUT2D eigenvalue weighted by Crippen LogP contribution is -2.47. The summed E-state index contributed by atoms with van der Waals surface area (Å²) in [4.78, 5) is 43.1. The highest BCUT2D eigenvalue weighted by Gasteiger charge is 2.47. The summed E-state index contributed by atoms with van der Waals surface area (Å²) in [5, 5.41) is 9.01. The number of urea groups is 1. The Labute approximate surface area is 183 Å². The zero-order valence-electron chi connectivity index (χ0n) is 16.5. The van der Waals surface area contributed by atoms with Gasteiger partial charge in [0, 0.05) is 18.4 Å². The van der Waals surface area contributed by atoms with Crippen LogP contribution in [0.5, 0.6) is 0 Å². The fourth-order valence-corrected chi connectivity index (χ4v) is 3.36. The van der Waals surface area contributed by atoms with E-state index in [9.17, 15) is 37.1 Å². The van der Waals surface area contributed by atoms with Gasteiger partial charge in [-0.2, -0.15) is 13.2 Å². The van der Waals surface area contributed by atoms with E-state index in [-0.39, 0.29) is 16.4 Å². The SMILES string of the molecule is Cc1cc(C(F)(F)F)cc(N2C(=O)N(C(=O)O)CC2C(=O)N(C)c2ccc(F)c(Cl)c2)n1. The molecule has 1 saturated heterocycles. The van der Waals surface area contributed by atoms with E-state index in [1.54, 1.807) is 0 Å². The summed E-state index contributed by atoms with van der Waals surface area (Å²) < 4.78 is 53.2. The summed E-state index contributed by atoms with van der Waals surface area (Å²) in [6.07, 6.45) is -6.45. The van der Waals surface area contributed by atoms with E-state index < -0.39 is 54.0 Å². The first kappa shape index (κ1) is 23.3. The number of aromatic nitrogens is 1. The van der Waals surface area contributed by atoms with Crippen molar-refractivity contribution in [2.75, 3.05) is 23.4 Å². The first-order valence-corrected chi connectivity index (χ1v) is 9.31. The molecule has 32 heavy (non-hydrogen) atoms. The van der Waals surface area contributed by atoms with Gasteiger partial charge in [-0.1, -0.05) is 11.6 Å². The summed E-state index contributed by atoms with van der Waals surface area (Å²) >= 11 is 5.73. The lowest BCUT2D eigenvalue weighted by Gasteiger charge is -2.27. The first-order chi connectivity index (χ1) is 14.8. The number of carbonyl (C=O) groups excluding carboxylic acids is 2. The van der Waals surface area contributed by atoms with Gasteiger partial charge in [0.1, 0.15) is 17.7 Å². The second kappa shape index (κ2) is 8.26. The molecule has 1 unspecified atom stereocenters. The molecule has 2 heterocycles. The second-order valence-electron chi connectivity index (χ2n) is 6.91. The predicted octanol–water partition coefficient (Wildman–Crippen LogP) is 4.15. The van der Waals surface area contributed by atoms with Gasteiger partial charge in [0.25, 0.3) is 5.91 Å². The zero-order valence-corrected chi connectivity index (χ0v) is 17.3. The number of amides is 4. The maximum Gasteiger partial charge on any atom is 0.416 e. The van der Waals surface area contributed by atoms with Crippen LogP contribution in [0.2, 0.25) is 5.02 Å². The molecule has 0 aliphatic carbocycles. The Bertz CT molecular complexity index is 1110. The fraction of sp³-hybridized carbons (Fsp3) is 0.263. The Morgan fingerprint density at radius 3 is 2.47 bits per heavy atom. The topological polar surface area (TPSA) is 94.1 Å². The average Bonchev–Trinajstić information content (AvgIpc) is 3.05. The molecule has 4 amide bonds. The molecule has 3 rings (SSSR count). The number of imide groups is 1. The van der Waals surface area contributed by atoms with E-state index >= 15 is 0 Å². The van der Waals surface area contributed by atoms with Crippen molar-refractivity contribution in [3.63, 3.8) is 0 Å². The molecule has 1 atom stereocenters. The summed E-state index contributed by atoms with van der Waals surface area (Å²) in [6.45, 7) is 0.612. The van der Waals surface area contributed by atoms with Gasteiger partial charge in [0.2, 0.25) is 0 Å². The quantitative estimate of drug-likeness (QED) is 0.674. The predicted molar refractivity (Wildman–Crippen MR) is 105 cm³/mol. The highest BCUT2D eigenvalue weighted by atomic mass is 35.5. The number of alkyl halides is 3. The molecule has 1 fully saturated rings. The number of benzene rings is 1. The van der Waals surface area contributed by atoms with E-state index in [0.717, 1.165) is 23.1 Å². The lowest BCUT2D eigenvalue weighted by molar-refractivity contribution is -0.137. The molecule has 1 aliphatic rings. The lowest BCUT2D eigenvalue weighted by atomic mass is 10.1. The standard InChI is InChI=1S/C19H15ClF4N4O4/c1-9-5-10(19(22,23)24)6-15(25-9)28-14(8-27(17(28)30)18(31)32)16(29)26(2)11-3-4-13(21)12(20)7-11/h3-7,14H,8H2,1-2H3,(H,31,32). The monoisotopic (exact) mass is 474 g/mol. The average molecular weight is 475 g/mol. The van der Waals surface area contributed by atoms with Gasteiger partial charge in [0.15, 0.2) is 0 Å². The highest BCUT2D eigenvalue weighted by Crippen LogP contribution is 2.34. The van der Waals surface area contributed by atoms with Gasteiger partial charge in [-0.15, -0.1) is 0 Å². The van der Waals surface area contributed by atoms with Crippen LogP contribution >= 0.6 is 11.6 Å². The number of nitrogens with zero attached hydrogens (tertiary/aromatic N) is 4. The largest absolute Gasteiger partial charge is 0.465 e. The van der Waals surface area contributed by atoms with Crippen LogP contribution in [0.4, 0.5) is 38.7 Å². The van der Waals surface area contributed by atoms with Crippen molar-refractivity contribution in [3.05, 3.63) is 52.4 Å². The number of aryl methyl sites for hydroxylation is 1. The van der Waals surface area contributed by atoms with Crippen LogP contribution in [0.25, 0.3) is 0 Å². The Hall–Kier alpha value is -3.41. The number of halogens is 5. The Morgan fingerprint density at radius 1 is 1.25 bits per heavy atom. The van der Waals surface area contributed by atoms with Crippen molar-refractivity contribution in [1.29, 1.82) is 0 Å². The number of carboxylic acid groups (broad SMARTS) is 1. The van der Waals surface area contributed by atoms with Crippen LogP contribution in [0, 0.1) is 12.7 Å². The van der Waals surface area contributed by atoms with Crippen molar-refractivity contribution in [2.45, 2.75) is 19.1 Å². The van der Waals surface area contributed by atoms with Crippen LogP contribution in [0.1, 0.15) is 11.3 Å². The summed E-state index contributed by atoms with van der Waals surface area (Å²) in [6, 6.07) is 1.92. The summed E-state index contributed by atoms with van der Waals surface area (Å²) in [7, 11) is 1.27. The van der Waals surface area contributed by atoms with Crippen LogP contribution in [-0.2, 0) is 11.0 Å². The summed E-state index contributed by atoms with van der Waals surface area (Å²) in [5.41, 5.74) is -1.09. The number of anilines is 2. The van der Waals surface area contributed by atoms with Crippen molar-refractivity contribution < 1.29 is 37.1 Å². The molecule has 0 spiro atoms. The van der Waals surface area contributed by atoms with E-state index in [1.165, 1.54) is 20.0 Å². The number of carbonyl (C=O) groups is 3. The van der Waals surface area contributed by atoms with Crippen LogP contribution in [0.3, 0.4) is 0 Å². The molecule has 1 N–H and O–H groups in total. The highest BCUT2D eigenvalue weighted by molar-refractivity contribution is 6.31. The minimum absolute atomic E-state index is 0.0960. The number of pyridine rings is 1. The number of hydrogen-bond acceptors (Lipinski definition) is 4. The molecule has 1 aromatic heterocycles. The van der Waals surface area contributed by atoms with Crippen molar-refractivity contribution in [2.24, 2.45) is 0 Å². The molecule has 13 heteroatoms. The number of hydrogen-bond donors (Lipinski definition) is 1. The molecule has 0 saturated carbocycles. The van der Waals surface area contributed by atoms with Gasteiger partial charge >= 0.3 is 18.3 Å². The molecule has 1 aromatic carbocycles. The maximum atomic E-state index is 13.5. The maximum absolute atomic E-state index is 13.5. The van der Waals surface area contributed by atoms with Gasteiger partial charge in [-0.25, -0.2) is 23.9 Å². The van der Waals surface area contributed by atoms with Crippen molar-refractivity contribution in [1.82, 2.24) is 9.88 Å². The number of rotatable bonds is 3. The van der Waals surface area contributed by atoms with Crippen molar-refractivity contribution in [3.8, 4) is 0 Å². The molecule has 0 radical (unpaired) electrons. The second-order valence-corrected chi connectivity index (χ2v) is 7.32. The molecule has 1 aliphatic heterocycles. The van der Waals surface area contributed by atoms with E-state index in [0.29, 0.717) is 15.9 Å². The third-order valence-electron chi connectivity index (χ3n) is 4.76. The molecule has 170 valence electrons. The van der Waals surface area contributed by atoms with E-state index in [2.05, 4.69) is 4.98 Å². The van der Waals surface area contributed by atoms with Gasteiger partial charge in [-0.3, -0.25) is 9.69 Å². The minimum Gasteiger partial charge on any atom is -0.465 e. The minimum atomic E-state index is -4.77. The molecule has 0 bridgehead atoms. The van der Waals surface area contributed by atoms with E-state index in [1.807, 2.05) is 0 Å². The van der Waals surface area contributed by atoms with Crippen LogP contribution in [0.15, 0.2) is 30.3 Å². The summed E-state index contributed by atoms with van der Waals surface area (Å²) in [5.74, 6) is -2.12. The van der Waals surface area contributed by atoms with Crippen LogP contribution < -0.4 is 9.80 Å². The van der Waals surface area contributed by atoms with Gasteiger partial charge in [0.05, 0.1) is 17.1 Å². The third kappa shape index (κ3) is 4.31. The third-order valence-corrected chi connectivity index (χ3v) is 5.04. The molecular weight excluding hydrogens is 460 g/mol.